The number of ketones is 1. The first-order valence-corrected chi connectivity index (χ1v) is 11.2. The highest BCUT2D eigenvalue weighted by atomic mass is 35.5. The van der Waals surface area contributed by atoms with Crippen LogP contribution in [0.2, 0.25) is 5.02 Å². The Morgan fingerprint density at radius 1 is 1.21 bits per heavy atom. The van der Waals surface area contributed by atoms with E-state index < -0.39 is 17.7 Å². The molecule has 9 heteroatoms. The number of likely N-dealkylation sites (tertiary alicyclic amines) is 1. The number of methoxy groups -OCH3 is 1. The lowest BCUT2D eigenvalue weighted by Crippen LogP contribution is -2.35. The van der Waals surface area contributed by atoms with E-state index in [9.17, 15) is 19.8 Å². The normalized spacial score (nSPS) is 17.5. The number of Topliss-reactive ketones (excluding diaryl/α,β-unsaturated/α-hetero) is 1. The van der Waals surface area contributed by atoms with Crippen LogP contribution in [0.4, 0.5) is 0 Å². The Hall–Kier alpha value is -3.23. The van der Waals surface area contributed by atoms with Crippen LogP contribution in [0.5, 0.6) is 17.2 Å². The first kappa shape index (κ1) is 25.4. The molecular weight excluding hydrogens is 460 g/mol. The number of carbonyl (C=O) groups excluding carboxylic acids is 2. The summed E-state index contributed by atoms with van der Waals surface area (Å²) in [6, 6.07) is 7.04. The lowest BCUT2D eigenvalue weighted by Gasteiger charge is -2.27. The van der Waals surface area contributed by atoms with Gasteiger partial charge < -0.3 is 29.5 Å². The number of aliphatic hydroxyl groups excluding tert-OH is 1. The van der Waals surface area contributed by atoms with Crippen molar-refractivity contribution in [3.8, 4) is 17.2 Å². The van der Waals surface area contributed by atoms with Crippen LogP contribution < -0.4 is 9.47 Å². The number of aliphatic hydroxyl groups is 1. The van der Waals surface area contributed by atoms with Crippen LogP contribution >= 0.6 is 11.6 Å². The summed E-state index contributed by atoms with van der Waals surface area (Å²) in [4.78, 5) is 29.6. The third-order valence-electron chi connectivity index (χ3n) is 5.57. The molecule has 182 valence electrons. The number of likely N-dealkylation sites (N-methyl/N-ethyl adjacent to an activating group) is 1. The van der Waals surface area contributed by atoms with Gasteiger partial charge >= 0.3 is 0 Å². The van der Waals surface area contributed by atoms with E-state index in [2.05, 4.69) is 0 Å². The Morgan fingerprint density at radius 2 is 1.91 bits per heavy atom. The van der Waals surface area contributed by atoms with Gasteiger partial charge in [0.15, 0.2) is 11.5 Å². The summed E-state index contributed by atoms with van der Waals surface area (Å²) >= 11 is 6.32. The molecule has 1 aliphatic heterocycles. The summed E-state index contributed by atoms with van der Waals surface area (Å²) in [5.74, 6) is -1.57. The molecule has 0 aromatic heterocycles. The summed E-state index contributed by atoms with van der Waals surface area (Å²) in [5, 5.41) is 21.8. The molecule has 0 spiro atoms. The van der Waals surface area contributed by atoms with Crippen molar-refractivity contribution >= 4 is 29.1 Å². The van der Waals surface area contributed by atoms with E-state index in [1.165, 1.54) is 18.1 Å². The molecule has 1 aliphatic rings. The fraction of sp³-hybridized carbons (Fsp3) is 0.360. The predicted molar refractivity (Wildman–Crippen MR) is 130 cm³/mol. The highest BCUT2D eigenvalue weighted by Crippen LogP contribution is 2.44. The van der Waals surface area contributed by atoms with Crippen molar-refractivity contribution in [3.63, 3.8) is 0 Å². The van der Waals surface area contributed by atoms with Gasteiger partial charge in [-0.15, -0.1) is 0 Å². The SMILES string of the molecule is CCOc1cc(C2/C(=C(\O)c3cc(C)cc(Cl)c3OC)C(=O)C(=O)N2CCN(C)C)ccc1O. The van der Waals surface area contributed by atoms with E-state index in [0.717, 1.165) is 5.56 Å². The Bertz CT molecular complexity index is 1140. The quantitative estimate of drug-likeness (QED) is 0.331. The third-order valence-corrected chi connectivity index (χ3v) is 5.86. The number of hydrogen-bond donors (Lipinski definition) is 2. The molecule has 0 aliphatic carbocycles. The minimum atomic E-state index is -0.899. The molecule has 0 bridgehead atoms. The highest BCUT2D eigenvalue weighted by Gasteiger charge is 2.46. The average Bonchev–Trinajstić information content (AvgIpc) is 3.03. The van der Waals surface area contributed by atoms with Crippen molar-refractivity contribution in [3.05, 3.63) is 57.6 Å². The number of carbonyl (C=O) groups is 2. The molecule has 1 atom stereocenters. The monoisotopic (exact) mass is 488 g/mol. The Kier molecular flexibility index (Phi) is 7.74. The van der Waals surface area contributed by atoms with Crippen molar-refractivity contribution in [2.75, 3.05) is 40.9 Å². The molecule has 2 aromatic carbocycles. The van der Waals surface area contributed by atoms with Crippen LogP contribution in [-0.4, -0.2) is 72.6 Å². The van der Waals surface area contributed by atoms with E-state index in [4.69, 9.17) is 21.1 Å². The zero-order valence-electron chi connectivity index (χ0n) is 19.9. The molecule has 0 saturated carbocycles. The zero-order chi connectivity index (χ0) is 25.2. The molecular formula is C25H29ClN2O6. The van der Waals surface area contributed by atoms with Gasteiger partial charge in [-0.1, -0.05) is 17.7 Å². The Balaban J connectivity index is 2.27. The molecule has 34 heavy (non-hydrogen) atoms. The van der Waals surface area contributed by atoms with Gasteiger partial charge in [0.2, 0.25) is 0 Å². The van der Waals surface area contributed by atoms with Crippen molar-refractivity contribution in [1.82, 2.24) is 9.80 Å². The van der Waals surface area contributed by atoms with Gasteiger partial charge in [-0.25, -0.2) is 0 Å². The summed E-state index contributed by atoms with van der Waals surface area (Å²) in [6.07, 6.45) is 0. The number of amides is 1. The molecule has 8 nitrogen and oxygen atoms in total. The largest absolute Gasteiger partial charge is 0.507 e. The fourth-order valence-corrected chi connectivity index (χ4v) is 4.35. The first-order valence-electron chi connectivity index (χ1n) is 10.8. The molecule has 3 rings (SSSR count). The molecule has 0 radical (unpaired) electrons. The lowest BCUT2D eigenvalue weighted by molar-refractivity contribution is -0.140. The average molecular weight is 489 g/mol. The fourth-order valence-electron chi connectivity index (χ4n) is 3.99. The van der Waals surface area contributed by atoms with Crippen molar-refractivity contribution in [1.29, 1.82) is 0 Å². The topological polar surface area (TPSA) is 99.5 Å². The van der Waals surface area contributed by atoms with E-state index in [0.29, 0.717) is 18.7 Å². The molecule has 1 heterocycles. The number of hydrogen-bond acceptors (Lipinski definition) is 7. The maximum Gasteiger partial charge on any atom is 0.295 e. The van der Waals surface area contributed by atoms with E-state index in [1.807, 2.05) is 19.0 Å². The van der Waals surface area contributed by atoms with Crippen LogP contribution in [0.1, 0.15) is 29.7 Å². The van der Waals surface area contributed by atoms with E-state index in [-0.39, 0.29) is 45.7 Å². The minimum Gasteiger partial charge on any atom is -0.507 e. The second-order valence-corrected chi connectivity index (χ2v) is 8.69. The number of aryl methyl sites for hydroxylation is 1. The summed E-state index contributed by atoms with van der Waals surface area (Å²) in [7, 11) is 5.13. The van der Waals surface area contributed by atoms with Crippen LogP contribution in [0.25, 0.3) is 5.76 Å². The van der Waals surface area contributed by atoms with Gasteiger partial charge in [-0.2, -0.15) is 0 Å². The van der Waals surface area contributed by atoms with Crippen molar-refractivity contribution in [2.24, 2.45) is 0 Å². The number of nitrogens with zero attached hydrogens (tertiary/aromatic N) is 2. The number of rotatable bonds is 8. The number of halogens is 1. The van der Waals surface area contributed by atoms with Gasteiger partial charge in [0.25, 0.3) is 11.7 Å². The minimum absolute atomic E-state index is 0.0667. The van der Waals surface area contributed by atoms with Crippen LogP contribution in [-0.2, 0) is 9.59 Å². The van der Waals surface area contributed by atoms with Crippen molar-refractivity contribution in [2.45, 2.75) is 19.9 Å². The summed E-state index contributed by atoms with van der Waals surface area (Å²) in [6.45, 7) is 4.64. The Morgan fingerprint density at radius 3 is 2.53 bits per heavy atom. The number of aromatic hydroxyl groups is 1. The maximum atomic E-state index is 13.2. The van der Waals surface area contributed by atoms with Gasteiger partial charge in [0, 0.05) is 13.1 Å². The van der Waals surface area contributed by atoms with Crippen LogP contribution in [0, 0.1) is 6.92 Å². The summed E-state index contributed by atoms with van der Waals surface area (Å²) < 4.78 is 10.9. The second kappa shape index (κ2) is 10.4. The molecule has 2 aromatic rings. The smallest absolute Gasteiger partial charge is 0.295 e. The molecule has 1 unspecified atom stereocenters. The number of benzene rings is 2. The van der Waals surface area contributed by atoms with Crippen LogP contribution in [0.15, 0.2) is 35.9 Å². The van der Waals surface area contributed by atoms with Gasteiger partial charge in [0.05, 0.1) is 35.9 Å². The van der Waals surface area contributed by atoms with Crippen molar-refractivity contribution < 1.29 is 29.3 Å². The number of ether oxygens (including phenoxy) is 2. The predicted octanol–water partition coefficient (Wildman–Crippen LogP) is 3.74. The number of phenols is 1. The third kappa shape index (κ3) is 4.83. The van der Waals surface area contributed by atoms with E-state index in [1.54, 1.807) is 38.1 Å². The second-order valence-electron chi connectivity index (χ2n) is 8.28. The Labute approximate surface area is 203 Å². The van der Waals surface area contributed by atoms with Gasteiger partial charge in [0.1, 0.15) is 11.5 Å². The highest BCUT2D eigenvalue weighted by molar-refractivity contribution is 6.46. The molecule has 1 amide bonds. The lowest BCUT2D eigenvalue weighted by atomic mass is 9.94. The van der Waals surface area contributed by atoms with Crippen LogP contribution in [0.3, 0.4) is 0 Å². The molecule has 1 fully saturated rings. The molecule has 2 N–H and O–H groups in total. The van der Waals surface area contributed by atoms with E-state index >= 15 is 0 Å². The van der Waals surface area contributed by atoms with Gasteiger partial charge in [-0.3, -0.25) is 9.59 Å². The number of phenolic OH excluding ortho intramolecular Hbond substituents is 1. The maximum absolute atomic E-state index is 13.2. The summed E-state index contributed by atoms with van der Waals surface area (Å²) in [5.41, 5.74) is 1.39. The standard InChI is InChI=1S/C25H29ClN2O6/c1-6-34-19-13-15(7-8-18(19)29)21-20(23(31)25(32)28(21)10-9-27(3)4)22(30)16-11-14(2)12-17(26)24(16)33-5/h7-8,11-13,21,29-30H,6,9-10H2,1-5H3/b22-20+. The zero-order valence-corrected chi connectivity index (χ0v) is 20.6. The molecule has 1 saturated heterocycles. The first-order chi connectivity index (χ1) is 16.1. The van der Waals surface area contributed by atoms with Gasteiger partial charge in [-0.05, 0) is 63.3 Å².